The first kappa shape index (κ1) is 20.1. The number of esters is 1. The maximum atomic E-state index is 12.4. The summed E-state index contributed by atoms with van der Waals surface area (Å²) in [4.78, 5) is 23.6. The Morgan fingerprint density at radius 1 is 1.27 bits per heavy atom. The fraction of sp³-hybridized carbons (Fsp3) is 0.444. The van der Waals surface area contributed by atoms with Crippen LogP contribution in [0.4, 0.5) is 0 Å². The van der Waals surface area contributed by atoms with Crippen molar-refractivity contribution in [1.82, 2.24) is 4.31 Å². The van der Waals surface area contributed by atoms with Crippen LogP contribution in [0.15, 0.2) is 29.2 Å². The quantitative estimate of drug-likeness (QED) is 0.553. The van der Waals surface area contributed by atoms with Crippen LogP contribution in [-0.2, 0) is 24.3 Å². The molecule has 0 unspecified atom stereocenters. The molecule has 2 rings (SSSR count). The Morgan fingerprint density at radius 2 is 2.00 bits per heavy atom. The van der Waals surface area contributed by atoms with E-state index in [2.05, 4.69) is 0 Å². The second kappa shape index (κ2) is 8.46. The number of ketones is 1. The van der Waals surface area contributed by atoms with Gasteiger partial charge < -0.3 is 9.47 Å². The lowest BCUT2D eigenvalue weighted by molar-refractivity contribution is -0.152. The number of Topliss-reactive ketones (excluding diaryl/α,β-unsaturated/α-hetero) is 1. The number of hydrogen-bond donors (Lipinski definition) is 0. The molecule has 0 saturated heterocycles. The van der Waals surface area contributed by atoms with Crippen molar-refractivity contribution in [3.05, 3.63) is 29.8 Å². The molecule has 0 aromatic heterocycles. The van der Waals surface area contributed by atoms with Crippen molar-refractivity contribution in [2.45, 2.75) is 36.7 Å². The number of rotatable bonds is 6. The maximum Gasteiger partial charge on any atom is 0.331 e. The van der Waals surface area contributed by atoms with Gasteiger partial charge in [0, 0.05) is 26.6 Å². The molecule has 8 heteroatoms. The number of benzene rings is 1. The van der Waals surface area contributed by atoms with Crippen LogP contribution in [0.2, 0.25) is 0 Å². The molecule has 0 radical (unpaired) electrons. The van der Waals surface area contributed by atoms with Crippen LogP contribution in [0.5, 0.6) is 5.75 Å². The van der Waals surface area contributed by atoms with Crippen LogP contribution < -0.4 is 4.74 Å². The fourth-order valence-electron chi connectivity index (χ4n) is 2.61. The summed E-state index contributed by atoms with van der Waals surface area (Å²) in [5.74, 6) is -0.467. The average molecular weight is 381 g/mol. The number of nitrogens with zero attached hydrogens (tertiary/aromatic N) is 1. The van der Waals surface area contributed by atoms with E-state index < -0.39 is 22.1 Å². The van der Waals surface area contributed by atoms with Gasteiger partial charge in [-0.2, -0.15) is 0 Å². The van der Waals surface area contributed by atoms with Gasteiger partial charge in [-0.1, -0.05) is 6.07 Å². The lowest BCUT2D eigenvalue weighted by atomic mass is 9.96. The van der Waals surface area contributed by atoms with E-state index in [0.29, 0.717) is 18.4 Å². The van der Waals surface area contributed by atoms with E-state index in [9.17, 15) is 18.0 Å². The molecule has 0 spiro atoms. The second-order valence-electron chi connectivity index (χ2n) is 6.17. The molecule has 1 saturated carbocycles. The highest BCUT2D eigenvalue weighted by atomic mass is 32.2. The molecule has 1 aromatic rings. The van der Waals surface area contributed by atoms with Crippen molar-refractivity contribution in [2.24, 2.45) is 0 Å². The molecule has 1 aliphatic rings. The van der Waals surface area contributed by atoms with E-state index in [1.165, 1.54) is 45.5 Å². The van der Waals surface area contributed by atoms with Crippen molar-refractivity contribution in [1.29, 1.82) is 0 Å². The van der Waals surface area contributed by atoms with Crippen LogP contribution in [0, 0.1) is 0 Å². The third kappa shape index (κ3) is 4.70. The fourth-order valence-corrected chi connectivity index (χ4v) is 3.70. The van der Waals surface area contributed by atoms with Crippen LogP contribution in [0.25, 0.3) is 6.08 Å². The van der Waals surface area contributed by atoms with Gasteiger partial charge in [-0.25, -0.2) is 17.5 Å². The molecule has 1 fully saturated rings. The van der Waals surface area contributed by atoms with E-state index in [-0.39, 0.29) is 16.4 Å². The van der Waals surface area contributed by atoms with Crippen LogP contribution >= 0.6 is 0 Å². The largest absolute Gasteiger partial charge is 0.495 e. The number of carbonyl (C=O) groups excluding carboxylic acids is 2. The SMILES string of the molecule is COc1ccc(/C=C/C(=O)O[C@H]2CCCCC2=O)cc1S(=O)(=O)N(C)C. The molecule has 0 N–H and O–H groups in total. The standard InChI is InChI=1S/C18H23NO6S/c1-19(2)26(22,23)17-12-13(8-10-16(17)24-3)9-11-18(21)25-15-7-5-4-6-14(15)20/h8-12,15H,4-7H2,1-3H3/b11-9+/t15-/m0/s1. The highest BCUT2D eigenvalue weighted by molar-refractivity contribution is 7.89. The Balaban J connectivity index is 2.17. The summed E-state index contributed by atoms with van der Waals surface area (Å²) < 4.78 is 36.2. The smallest absolute Gasteiger partial charge is 0.331 e. The van der Waals surface area contributed by atoms with Crippen molar-refractivity contribution in [3.63, 3.8) is 0 Å². The van der Waals surface area contributed by atoms with Gasteiger partial charge in [0.05, 0.1) is 7.11 Å². The Kier molecular flexibility index (Phi) is 6.55. The predicted molar refractivity (Wildman–Crippen MR) is 96.3 cm³/mol. The summed E-state index contributed by atoms with van der Waals surface area (Å²) >= 11 is 0. The van der Waals surface area contributed by atoms with Crippen molar-refractivity contribution >= 4 is 27.9 Å². The minimum absolute atomic E-state index is 0.00276. The Bertz CT molecular complexity index is 813. The van der Waals surface area contributed by atoms with Crippen LogP contribution in [0.3, 0.4) is 0 Å². The van der Waals surface area contributed by atoms with Crippen molar-refractivity contribution in [3.8, 4) is 5.75 Å². The van der Waals surface area contributed by atoms with Crippen molar-refractivity contribution < 1.29 is 27.5 Å². The summed E-state index contributed by atoms with van der Waals surface area (Å²) in [6.45, 7) is 0. The van der Waals surface area contributed by atoms with Crippen LogP contribution in [-0.4, -0.2) is 51.8 Å². The summed E-state index contributed by atoms with van der Waals surface area (Å²) in [6, 6.07) is 4.57. The van der Waals surface area contributed by atoms with Gasteiger partial charge in [-0.05, 0) is 43.0 Å². The molecule has 0 bridgehead atoms. The molecular weight excluding hydrogens is 358 g/mol. The molecular formula is C18H23NO6S. The first-order valence-corrected chi connectivity index (χ1v) is 9.71. The molecule has 26 heavy (non-hydrogen) atoms. The summed E-state index contributed by atoms with van der Waals surface area (Å²) in [5, 5.41) is 0. The van der Waals surface area contributed by atoms with Gasteiger partial charge in [-0.15, -0.1) is 0 Å². The summed E-state index contributed by atoms with van der Waals surface area (Å²) in [7, 11) is 0.543. The molecule has 1 aromatic carbocycles. The third-order valence-electron chi connectivity index (χ3n) is 4.12. The molecule has 142 valence electrons. The number of methoxy groups -OCH3 is 1. The van der Waals surface area contributed by atoms with Gasteiger partial charge in [0.1, 0.15) is 10.6 Å². The zero-order valence-electron chi connectivity index (χ0n) is 15.1. The molecule has 1 atom stereocenters. The number of hydrogen-bond acceptors (Lipinski definition) is 6. The van der Waals surface area contributed by atoms with Gasteiger partial charge in [0.25, 0.3) is 0 Å². The first-order valence-electron chi connectivity index (χ1n) is 8.27. The second-order valence-corrected chi connectivity index (χ2v) is 8.29. The maximum absolute atomic E-state index is 12.4. The van der Waals surface area contributed by atoms with Crippen LogP contribution in [0.1, 0.15) is 31.2 Å². The van der Waals surface area contributed by atoms with Gasteiger partial charge in [0.15, 0.2) is 11.9 Å². The Labute approximate surface area is 153 Å². The van der Waals surface area contributed by atoms with Gasteiger partial charge >= 0.3 is 5.97 Å². The van der Waals surface area contributed by atoms with E-state index >= 15 is 0 Å². The lowest BCUT2D eigenvalue weighted by Gasteiger charge is -2.19. The molecule has 0 aliphatic heterocycles. The Morgan fingerprint density at radius 3 is 2.62 bits per heavy atom. The zero-order valence-corrected chi connectivity index (χ0v) is 15.9. The number of sulfonamides is 1. The number of ether oxygens (including phenoxy) is 2. The summed E-state index contributed by atoms with van der Waals surface area (Å²) in [5.41, 5.74) is 0.498. The zero-order chi connectivity index (χ0) is 19.3. The number of carbonyl (C=O) groups is 2. The van der Waals surface area contributed by atoms with E-state index in [4.69, 9.17) is 9.47 Å². The highest BCUT2D eigenvalue weighted by Crippen LogP contribution is 2.27. The van der Waals surface area contributed by atoms with Gasteiger partial charge in [-0.3, -0.25) is 4.79 Å². The Hall–Kier alpha value is -2.19. The highest BCUT2D eigenvalue weighted by Gasteiger charge is 2.25. The predicted octanol–water partition coefficient (Wildman–Crippen LogP) is 2.01. The lowest BCUT2D eigenvalue weighted by Crippen LogP contribution is -2.29. The average Bonchev–Trinajstić information content (AvgIpc) is 2.61. The van der Waals surface area contributed by atoms with Gasteiger partial charge in [0.2, 0.25) is 10.0 Å². The normalized spacial score (nSPS) is 18.3. The van der Waals surface area contributed by atoms with E-state index in [1.807, 2.05) is 0 Å². The monoisotopic (exact) mass is 381 g/mol. The minimum Gasteiger partial charge on any atom is -0.495 e. The first-order chi connectivity index (χ1) is 12.3. The third-order valence-corrected chi connectivity index (χ3v) is 5.95. The minimum atomic E-state index is -3.70. The molecule has 0 amide bonds. The summed E-state index contributed by atoms with van der Waals surface area (Å²) in [6.07, 6.45) is 4.63. The van der Waals surface area contributed by atoms with E-state index in [0.717, 1.165) is 17.1 Å². The molecule has 7 nitrogen and oxygen atoms in total. The van der Waals surface area contributed by atoms with E-state index in [1.54, 1.807) is 6.07 Å². The molecule has 1 aliphatic carbocycles. The van der Waals surface area contributed by atoms with Crippen molar-refractivity contribution in [2.75, 3.05) is 21.2 Å². The molecule has 0 heterocycles. The topological polar surface area (TPSA) is 90.0 Å².